The zero-order valence-electron chi connectivity index (χ0n) is 13.1. The molecule has 1 aliphatic rings. The first-order valence-corrected chi connectivity index (χ1v) is 8.65. The summed E-state index contributed by atoms with van der Waals surface area (Å²) in [6.45, 7) is 4.69. The van der Waals surface area contributed by atoms with Crippen LogP contribution in [0.15, 0.2) is 5.16 Å². The van der Waals surface area contributed by atoms with Crippen LogP contribution in [-0.4, -0.2) is 44.9 Å². The topological polar surface area (TPSA) is 88.9 Å². The van der Waals surface area contributed by atoms with Gasteiger partial charge in [0.15, 0.2) is 5.16 Å². The predicted molar refractivity (Wildman–Crippen MR) is 84.6 cm³/mol. The number of fused-ring (bicyclic) bond motifs is 1. The molecule has 1 aliphatic heterocycles. The highest BCUT2D eigenvalue weighted by Crippen LogP contribution is 2.21. The van der Waals surface area contributed by atoms with Crippen molar-refractivity contribution in [3.63, 3.8) is 0 Å². The smallest absolute Gasteiger partial charge is 0.239 e. The number of nitrogens with one attached hydrogen (secondary N) is 2. The molecule has 8 heteroatoms. The summed E-state index contributed by atoms with van der Waals surface area (Å²) in [5, 5.41) is 14.5. The predicted octanol–water partition coefficient (Wildman–Crippen LogP) is 0.737. The van der Waals surface area contributed by atoms with Crippen LogP contribution in [0, 0.1) is 0 Å². The van der Waals surface area contributed by atoms with E-state index in [4.69, 9.17) is 0 Å². The Morgan fingerprint density at radius 3 is 2.82 bits per heavy atom. The third-order valence-corrected chi connectivity index (χ3v) is 4.27. The van der Waals surface area contributed by atoms with Crippen LogP contribution in [0.2, 0.25) is 0 Å². The van der Waals surface area contributed by atoms with Gasteiger partial charge in [-0.3, -0.25) is 9.59 Å². The van der Waals surface area contributed by atoms with E-state index < -0.39 is 0 Å². The maximum absolute atomic E-state index is 11.8. The molecule has 22 heavy (non-hydrogen) atoms. The van der Waals surface area contributed by atoms with Crippen molar-refractivity contribution in [2.45, 2.75) is 57.3 Å². The minimum Gasteiger partial charge on any atom is -0.352 e. The first-order chi connectivity index (χ1) is 10.6. The molecule has 0 aromatic carbocycles. The standard InChI is InChI=1S/C14H23N5O2S/c1-10(2)16-12(20)8-15-13(21)9-22-14-18-17-11-6-4-3-5-7-19(11)14/h10H,3-9H2,1-2H3,(H,15,21)(H,16,20). The fourth-order valence-electron chi connectivity index (χ4n) is 2.30. The van der Waals surface area contributed by atoms with Gasteiger partial charge in [-0.05, 0) is 26.7 Å². The molecule has 1 aromatic rings. The van der Waals surface area contributed by atoms with Crippen molar-refractivity contribution >= 4 is 23.6 Å². The Hall–Kier alpha value is -1.57. The van der Waals surface area contributed by atoms with Crippen LogP contribution in [0.5, 0.6) is 0 Å². The molecule has 2 rings (SSSR count). The normalized spacial score (nSPS) is 14.3. The van der Waals surface area contributed by atoms with Gasteiger partial charge in [0.05, 0.1) is 12.3 Å². The van der Waals surface area contributed by atoms with Crippen molar-refractivity contribution in [3.05, 3.63) is 5.82 Å². The zero-order valence-corrected chi connectivity index (χ0v) is 13.9. The molecule has 0 spiro atoms. The molecule has 0 saturated heterocycles. The van der Waals surface area contributed by atoms with Crippen LogP contribution in [-0.2, 0) is 22.6 Å². The average molecular weight is 325 g/mol. The molecule has 7 nitrogen and oxygen atoms in total. The second-order valence-corrected chi connectivity index (χ2v) is 6.59. The Balaban J connectivity index is 1.77. The van der Waals surface area contributed by atoms with E-state index in [9.17, 15) is 9.59 Å². The summed E-state index contributed by atoms with van der Waals surface area (Å²) in [6, 6.07) is 0.0743. The first kappa shape index (κ1) is 16.8. The molecule has 122 valence electrons. The molecule has 0 bridgehead atoms. The molecule has 0 aliphatic carbocycles. The van der Waals surface area contributed by atoms with Crippen LogP contribution in [0.3, 0.4) is 0 Å². The summed E-state index contributed by atoms with van der Waals surface area (Å²) in [4.78, 5) is 23.3. The van der Waals surface area contributed by atoms with Crippen LogP contribution in [0.25, 0.3) is 0 Å². The summed E-state index contributed by atoms with van der Waals surface area (Å²) in [6.07, 6.45) is 4.43. The van der Waals surface area contributed by atoms with Gasteiger partial charge in [-0.1, -0.05) is 18.2 Å². The van der Waals surface area contributed by atoms with Crippen molar-refractivity contribution in [1.82, 2.24) is 25.4 Å². The van der Waals surface area contributed by atoms with Gasteiger partial charge in [0.2, 0.25) is 11.8 Å². The molecule has 0 fully saturated rings. The molecule has 2 heterocycles. The van der Waals surface area contributed by atoms with Gasteiger partial charge in [0, 0.05) is 19.0 Å². The number of hydrogen-bond acceptors (Lipinski definition) is 5. The van der Waals surface area contributed by atoms with Gasteiger partial charge < -0.3 is 15.2 Å². The lowest BCUT2D eigenvalue weighted by Gasteiger charge is -2.09. The van der Waals surface area contributed by atoms with Crippen molar-refractivity contribution in [2.75, 3.05) is 12.3 Å². The maximum Gasteiger partial charge on any atom is 0.239 e. The maximum atomic E-state index is 11.8. The number of thioether (sulfide) groups is 1. The molecule has 0 atom stereocenters. The number of hydrogen-bond donors (Lipinski definition) is 2. The number of carbonyl (C=O) groups excluding carboxylic acids is 2. The number of aromatic nitrogens is 3. The second-order valence-electron chi connectivity index (χ2n) is 5.65. The second kappa shape index (κ2) is 8.17. The van der Waals surface area contributed by atoms with Crippen LogP contribution >= 0.6 is 11.8 Å². The molecule has 0 unspecified atom stereocenters. The molecule has 0 saturated carbocycles. The van der Waals surface area contributed by atoms with Crippen molar-refractivity contribution in [1.29, 1.82) is 0 Å². The van der Waals surface area contributed by atoms with E-state index in [-0.39, 0.29) is 30.2 Å². The number of nitrogens with zero attached hydrogens (tertiary/aromatic N) is 3. The lowest BCUT2D eigenvalue weighted by atomic mass is 10.2. The van der Waals surface area contributed by atoms with Gasteiger partial charge in [0.1, 0.15) is 5.82 Å². The van der Waals surface area contributed by atoms with Crippen LogP contribution < -0.4 is 10.6 Å². The number of amides is 2. The quantitative estimate of drug-likeness (QED) is 0.753. The van der Waals surface area contributed by atoms with Crippen LogP contribution in [0.1, 0.15) is 38.9 Å². The third kappa shape index (κ3) is 5.01. The Bertz CT molecular complexity index is 529. The van der Waals surface area contributed by atoms with E-state index in [1.807, 2.05) is 13.8 Å². The third-order valence-electron chi connectivity index (χ3n) is 3.30. The van der Waals surface area contributed by atoms with E-state index in [0.29, 0.717) is 0 Å². The number of rotatable bonds is 6. The summed E-state index contributed by atoms with van der Waals surface area (Å²) in [5.74, 6) is 0.906. The largest absolute Gasteiger partial charge is 0.352 e. The lowest BCUT2D eigenvalue weighted by molar-refractivity contribution is -0.125. The Morgan fingerprint density at radius 1 is 1.23 bits per heavy atom. The molecule has 2 N–H and O–H groups in total. The van der Waals surface area contributed by atoms with Gasteiger partial charge in [-0.25, -0.2) is 0 Å². The highest BCUT2D eigenvalue weighted by Gasteiger charge is 2.16. The SMILES string of the molecule is CC(C)NC(=O)CNC(=O)CSc1nnc2n1CCCCC2. The summed E-state index contributed by atoms with van der Waals surface area (Å²) in [5.41, 5.74) is 0. The molecule has 0 radical (unpaired) electrons. The van der Waals surface area contributed by atoms with Gasteiger partial charge in [-0.15, -0.1) is 10.2 Å². The number of carbonyl (C=O) groups is 2. The Labute approximate surface area is 134 Å². The van der Waals surface area contributed by atoms with Gasteiger partial charge in [0.25, 0.3) is 0 Å². The minimum atomic E-state index is -0.176. The van der Waals surface area contributed by atoms with E-state index in [2.05, 4.69) is 25.4 Å². The highest BCUT2D eigenvalue weighted by molar-refractivity contribution is 7.99. The van der Waals surface area contributed by atoms with Crippen molar-refractivity contribution in [3.8, 4) is 0 Å². The van der Waals surface area contributed by atoms with Gasteiger partial charge in [-0.2, -0.15) is 0 Å². The van der Waals surface area contributed by atoms with Gasteiger partial charge >= 0.3 is 0 Å². The van der Waals surface area contributed by atoms with Crippen LogP contribution in [0.4, 0.5) is 0 Å². The van der Waals surface area contributed by atoms with Crippen molar-refractivity contribution < 1.29 is 9.59 Å². The summed E-state index contributed by atoms with van der Waals surface area (Å²) in [7, 11) is 0. The van der Waals surface area contributed by atoms with E-state index in [1.54, 1.807) is 0 Å². The van der Waals surface area contributed by atoms with E-state index in [1.165, 1.54) is 18.2 Å². The van der Waals surface area contributed by atoms with Crippen molar-refractivity contribution in [2.24, 2.45) is 0 Å². The molecular weight excluding hydrogens is 302 g/mol. The van der Waals surface area contributed by atoms with E-state index >= 15 is 0 Å². The highest BCUT2D eigenvalue weighted by atomic mass is 32.2. The fraction of sp³-hybridized carbons (Fsp3) is 0.714. The average Bonchev–Trinajstić information content (AvgIpc) is 2.69. The Kier molecular flexibility index (Phi) is 6.23. The van der Waals surface area contributed by atoms with E-state index in [0.717, 1.165) is 36.8 Å². The number of aryl methyl sites for hydroxylation is 1. The molecular formula is C14H23N5O2S. The minimum absolute atomic E-state index is 0.00944. The molecule has 1 aromatic heterocycles. The lowest BCUT2D eigenvalue weighted by Crippen LogP contribution is -2.40. The zero-order chi connectivity index (χ0) is 15.9. The Morgan fingerprint density at radius 2 is 2.05 bits per heavy atom. The summed E-state index contributed by atoms with van der Waals surface area (Å²) >= 11 is 1.37. The monoisotopic (exact) mass is 325 g/mol. The first-order valence-electron chi connectivity index (χ1n) is 7.67. The summed E-state index contributed by atoms with van der Waals surface area (Å²) < 4.78 is 2.11. The fourth-order valence-corrected chi connectivity index (χ4v) is 3.11. The molecule has 2 amide bonds.